The van der Waals surface area contributed by atoms with Crippen LogP contribution in [0.1, 0.15) is 30.6 Å². The van der Waals surface area contributed by atoms with E-state index in [4.69, 9.17) is 9.47 Å². The first-order chi connectivity index (χ1) is 9.82. The van der Waals surface area contributed by atoms with Crippen molar-refractivity contribution in [2.45, 2.75) is 31.0 Å². The van der Waals surface area contributed by atoms with E-state index in [0.29, 0.717) is 25.2 Å². The molecule has 0 amide bonds. The van der Waals surface area contributed by atoms with E-state index in [1.807, 2.05) is 0 Å². The molecule has 1 heterocycles. The predicted molar refractivity (Wildman–Crippen MR) is 76.6 cm³/mol. The molecule has 1 aliphatic heterocycles. The van der Waals surface area contributed by atoms with Crippen LogP contribution in [0.25, 0.3) is 0 Å². The third kappa shape index (κ3) is 4.10. The van der Waals surface area contributed by atoms with Gasteiger partial charge in [0.15, 0.2) is 11.6 Å². The number of hydrogen-bond donors (Lipinski definition) is 1. The maximum atomic E-state index is 12.1. The Labute approximate surface area is 124 Å². The second kappa shape index (κ2) is 6.23. The van der Waals surface area contributed by atoms with Gasteiger partial charge in [-0.1, -0.05) is 12.1 Å². The molecule has 1 saturated heterocycles. The molecule has 1 fully saturated rings. The summed E-state index contributed by atoms with van der Waals surface area (Å²) in [6, 6.07) is 5.84. The number of nitrogens with one attached hydrogen (secondary N) is 1. The van der Waals surface area contributed by atoms with Gasteiger partial charge in [-0.2, -0.15) is 0 Å². The van der Waals surface area contributed by atoms with E-state index in [2.05, 4.69) is 4.72 Å². The number of rotatable bonds is 6. The van der Waals surface area contributed by atoms with Crippen LogP contribution in [-0.4, -0.2) is 39.7 Å². The fraction of sp³-hybridized carbons (Fsp3) is 0.500. The summed E-state index contributed by atoms with van der Waals surface area (Å²) >= 11 is 0. The third-order valence-electron chi connectivity index (χ3n) is 3.34. The van der Waals surface area contributed by atoms with Crippen LogP contribution in [0, 0.1) is 0 Å². The van der Waals surface area contributed by atoms with Crippen molar-refractivity contribution in [3.05, 3.63) is 29.8 Å². The molecule has 1 aromatic carbocycles. The van der Waals surface area contributed by atoms with E-state index in [1.165, 1.54) is 31.2 Å². The van der Waals surface area contributed by atoms with Gasteiger partial charge in [0.1, 0.15) is 0 Å². The quantitative estimate of drug-likeness (QED) is 0.801. The number of sulfonamides is 1. The number of hydrogen-bond acceptors (Lipinski definition) is 5. The average molecular weight is 313 g/mol. The van der Waals surface area contributed by atoms with Crippen molar-refractivity contribution in [1.29, 1.82) is 0 Å². The Hall–Kier alpha value is -1.28. The van der Waals surface area contributed by atoms with Crippen molar-refractivity contribution < 1.29 is 22.7 Å². The first-order valence-electron chi connectivity index (χ1n) is 6.71. The number of carbonyl (C=O) groups is 1. The lowest BCUT2D eigenvalue weighted by atomic mass is 10.2. The Morgan fingerprint density at radius 2 is 1.81 bits per heavy atom. The van der Waals surface area contributed by atoms with E-state index < -0.39 is 15.8 Å². The van der Waals surface area contributed by atoms with Crippen LogP contribution < -0.4 is 4.72 Å². The molecule has 0 radical (unpaired) electrons. The lowest BCUT2D eigenvalue weighted by Crippen LogP contribution is -2.33. The molecule has 2 rings (SSSR count). The molecule has 0 aromatic heterocycles. The minimum atomic E-state index is -3.59. The highest BCUT2D eigenvalue weighted by Crippen LogP contribution is 2.22. The number of Topliss-reactive ketones (excluding diaryl/α,β-unsaturated/α-hetero) is 1. The fourth-order valence-corrected chi connectivity index (χ4v) is 3.10. The summed E-state index contributed by atoms with van der Waals surface area (Å²) in [4.78, 5) is 11.3. The first-order valence-corrected chi connectivity index (χ1v) is 8.19. The highest BCUT2D eigenvalue weighted by atomic mass is 32.2. The van der Waals surface area contributed by atoms with Crippen LogP contribution in [0.2, 0.25) is 0 Å². The minimum Gasteiger partial charge on any atom is -0.348 e. The Morgan fingerprint density at radius 3 is 2.33 bits per heavy atom. The topological polar surface area (TPSA) is 81.7 Å². The maximum Gasteiger partial charge on any atom is 0.240 e. The van der Waals surface area contributed by atoms with E-state index in [-0.39, 0.29) is 17.2 Å². The highest BCUT2D eigenvalue weighted by molar-refractivity contribution is 7.89. The molecule has 1 aliphatic rings. The Balaban J connectivity index is 1.96. The fourth-order valence-electron chi connectivity index (χ4n) is 2.07. The van der Waals surface area contributed by atoms with E-state index >= 15 is 0 Å². The molecule has 0 atom stereocenters. The molecule has 7 heteroatoms. The molecule has 0 spiro atoms. The van der Waals surface area contributed by atoms with E-state index in [9.17, 15) is 13.2 Å². The monoisotopic (exact) mass is 313 g/mol. The SMILES string of the molecule is CC(=O)c1ccc(S(=O)(=O)NCCC2(C)OCCO2)cc1. The summed E-state index contributed by atoms with van der Waals surface area (Å²) in [6.45, 7) is 4.48. The summed E-state index contributed by atoms with van der Waals surface area (Å²) in [5.74, 6) is -0.823. The normalized spacial score (nSPS) is 17.8. The average Bonchev–Trinajstić information content (AvgIpc) is 2.85. The molecular weight excluding hydrogens is 294 g/mol. The Kier molecular flexibility index (Phi) is 4.77. The van der Waals surface area contributed by atoms with Crippen LogP contribution in [0.5, 0.6) is 0 Å². The van der Waals surface area contributed by atoms with Gasteiger partial charge in [0, 0.05) is 18.5 Å². The standard InChI is InChI=1S/C14H19NO5S/c1-11(16)12-3-5-13(6-4-12)21(17,18)15-8-7-14(2)19-9-10-20-14/h3-6,15H,7-10H2,1-2H3. The molecule has 0 saturated carbocycles. The summed E-state index contributed by atoms with van der Waals surface area (Å²) in [7, 11) is -3.59. The number of ether oxygens (including phenoxy) is 2. The number of benzene rings is 1. The van der Waals surface area contributed by atoms with Gasteiger partial charge in [-0.3, -0.25) is 4.79 Å². The first kappa shape index (κ1) is 16.1. The summed E-state index contributed by atoms with van der Waals surface area (Å²) in [5, 5.41) is 0. The van der Waals surface area contributed by atoms with Gasteiger partial charge in [-0.05, 0) is 26.0 Å². The zero-order chi connectivity index (χ0) is 15.5. The summed E-state index contributed by atoms with van der Waals surface area (Å²) in [6.07, 6.45) is 0.428. The Bertz CT molecular complexity index is 603. The Morgan fingerprint density at radius 1 is 1.24 bits per heavy atom. The lowest BCUT2D eigenvalue weighted by molar-refractivity contribution is -0.145. The summed E-state index contributed by atoms with van der Waals surface area (Å²) < 4.78 is 37.5. The molecule has 21 heavy (non-hydrogen) atoms. The van der Waals surface area contributed by atoms with Crippen LogP contribution in [-0.2, 0) is 19.5 Å². The van der Waals surface area contributed by atoms with Gasteiger partial charge in [-0.15, -0.1) is 0 Å². The van der Waals surface area contributed by atoms with Crippen molar-refractivity contribution in [3.8, 4) is 0 Å². The maximum absolute atomic E-state index is 12.1. The minimum absolute atomic E-state index is 0.102. The van der Waals surface area contributed by atoms with Crippen LogP contribution in [0.15, 0.2) is 29.2 Å². The predicted octanol–water partition coefficient (Wildman–Crippen LogP) is 1.32. The molecular formula is C14H19NO5S. The molecule has 1 N–H and O–H groups in total. The smallest absolute Gasteiger partial charge is 0.240 e. The molecule has 0 aliphatic carbocycles. The molecule has 116 valence electrons. The molecule has 0 bridgehead atoms. The van der Waals surface area contributed by atoms with E-state index in [0.717, 1.165) is 0 Å². The van der Waals surface area contributed by atoms with Crippen LogP contribution in [0.4, 0.5) is 0 Å². The second-order valence-corrected chi connectivity index (χ2v) is 6.83. The number of carbonyl (C=O) groups excluding carboxylic acids is 1. The van der Waals surface area contributed by atoms with Crippen molar-refractivity contribution in [2.24, 2.45) is 0 Å². The molecule has 0 unspecified atom stereocenters. The number of ketones is 1. The van der Waals surface area contributed by atoms with E-state index in [1.54, 1.807) is 6.92 Å². The molecule has 6 nitrogen and oxygen atoms in total. The van der Waals surface area contributed by atoms with Crippen molar-refractivity contribution in [3.63, 3.8) is 0 Å². The zero-order valence-electron chi connectivity index (χ0n) is 12.1. The van der Waals surface area contributed by atoms with Gasteiger partial charge in [0.25, 0.3) is 0 Å². The second-order valence-electron chi connectivity index (χ2n) is 5.06. The van der Waals surface area contributed by atoms with Crippen molar-refractivity contribution >= 4 is 15.8 Å². The van der Waals surface area contributed by atoms with Gasteiger partial charge in [0.2, 0.25) is 10.0 Å². The third-order valence-corrected chi connectivity index (χ3v) is 4.82. The largest absolute Gasteiger partial charge is 0.348 e. The van der Waals surface area contributed by atoms with Gasteiger partial charge in [-0.25, -0.2) is 13.1 Å². The highest BCUT2D eigenvalue weighted by Gasteiger charge is 2.30. The van der Waals surface area contributed by atoms with Crippen molar-refractivity contribution in [1.82, 2.24) is 4.72 Å². The van der Waals surface area contributed by atoms with Crippen LogP contribution >= 0.6 is 0 Å². The lowest BCUT2D eigenvalue weighted by Gasteiger charge is -2.22. The van der Waals surface area contributed by atoms with Gasteiger partial charge in [0.05, 0.1) is 18.1 Å². The van der Waals surface area contributed by atoms with Gasteiger partial charge >= 0.3 is 0 Å². The van der Waals surface area contributed by atoms with Crippen molar-refractivity contribution in [2.75, 3.05) is 19.8 Å². The van der Waals surface area contributed by atoms with Crippen LogP contribution in [0.3, 0.4) is 0 Å². The van der Waals surface area contributed by atoms with Gasteiger partial charge < -0.3 is 9.47 Å². The summed E-state index contributed by atoms with van der Waals surface area (Å²) in [5.41, 5.74) is 0.481. The zero-order valence-corrected chi connectivity index (χ0v) is 12.9. The molecule has 1 aromatic rings.